The normalized spacial score (nSPS) is 18.7. The molecule has 0 saturated carbocycles. The van der Waals surface area contributed by atoms with Gasteiger partial charge in [0.05, 0.1) is 16.1 Å². The molecule has 1 N–H and O–H groups in total. The van der Waals surface area contributed by atoms with Gasteiger partial charge in [0.2, 0.25) is 0 Å². The summed E-state index contributed by atoms with van der Waals surface area (Å²) in [4.78, 5) is 23.5. The van der Waals surface area contributed by atoms with Crippen LogP contribution >= 0.6 is 0 Å². The summed E-state index contributed by atoms with van der Waals surface area (Å²) in [5.41, 5.74) is 2.12. The van der Waals surface area contributed by atoms with E-state index in [1.165, 1.54) is 29.4 Å². The van der Waals surface area contributed by atoms with E-state index in [-0.39, 0.29) is 34.3 Å². The molecule has 6 nitrogen and oxygen atoms in total. The summed E-state index contributed by atoms with van der Waals surface area (Å²) in [6.45, 7) is 1.78. The molecule has 0 radical (unpaired) electrons. The number of rotatable bonds is 3. The highest BCUT2D eigenvalue weighted by atomic mass is 32.2. The number of benzene rings is 2. The Labute approximate surface area is 151 Å². The maximum absolute atomic E-state index is 13.3. The van der Waals surface area contributed by atoms with Crippen LogP contribution in [0.2, 0.25) is 0 Å². The number of nitrogens with zero attached hydrogens (tertiary/aromatic N) is 1. The third-order valence-corrected chi connectivity index (χ3v) is 7.17. The third-order valence-electron chi connectivity index (χ3n) is 5.25. The van der Waals surface area contributed by atoms with Gasteiger partial charge in [0.1, 0.15) is 0 Å². The number of anilines is 1. The first-order valence-electron chi connectivity index (χ1n) is 8.34. The van der Waals surface area contributed by atoms with Crippen molar-refractivity contribution in [3.63, 3.8) is 0 Å². The zero-order valence-corrected chi connectivity index (χ0v) is 14.9. The number of hydrogen-bond donors (Lipinski definition) is 1. The average Bonchev–Trinajstić information content (AvgIpc) is 2.99. The van der Waals surface area contributed by atoms with Crippen LogP contribution in [0.15, 0.2) is 41.3 Å². The summed E-state index contributed by atoms with van der Waals surface area (Å²) >= 11 is 0. The monoisotopic (exact) mass is 371 g/mol. The molecule has 1 aliphatic carbocycles. The fourth-order valence-electron chi connectivity index (χ4n) is 3.98. The zero-order chi connectivity index (χ0) is 18.6. The predicted molar refractivity (Wildman–Crippen MR) is 95.4 cm³/mol. The Morgan fingerprint density at radius 1 is 1.19 bits per heavy atom. The zero-order valence-electron chi connectivity index (χ0n) is 14.1. The Hall–Kier alpha value is -2.67. The number of carboxylic acid groups (broad SMARTS) is 1. The molecule has 0 unspecified atom stereocenters. The molecule has 0 bridgehead atoms. The van der Waals surface area contributed by atoms with Crippen LogP contribution in [0, 0.1) is 6.92 Å². The van der Waals surface area contributed by atoms with Crippen molar-refractivity contribution in [2.75, 3.05) is 10.8 Å². The van der Waals surface area contributed by atoms with E-state index in [9.17, 15) is 23.1 Å². The van der Waals surface area contributed by atoms with Crippen molar-refractivity contribution in [1.29, 1.82) is 0 Å². The Morgan fingerprint density at radius 3 is 2.65 bits per heavy atom. The third kappa shape index (κ3) is 2.27. The van der Waals surface area contributed by atoms with Gasteiger partial charge in [0, 0.05) is 24.4 Å². The van der Waals surface area contributed by atoms with Crippen LogP contribution in [0.25, 0.3) is 0 Å². The number of hydrogen-bond acceptors (Lipinski definition) is 4. The molecule has 2 aromatic carbocycles. The summed E-state index contributed by atoms with van der Waals surface area (Å²) in [7, 11) is -3.93. The summed E-state index contributed by atoms with van der Waals surface area (Å²) in [6, 6.07) is 9.42. The van der Waals surface area contributed by atoms with Crippen molar-refractivity contribution in [1.82, 2.24) is 0 Å². The molecule has 134 valence electrons. The number of aromatic carboxylic acids is 1. The number of Topliss-reactive ketones (excluding diaryl/α,β-unsaturated/α-hetero) is 1. The number of carbonyl (C=O) groups is 2. The lowest BCUT2D eigenvalue weighted by molar-refractivity contribution is 0.0695. The molecule has 0 amide bonds. The molecule has 1 aliphatic heterocycles. The first-order chi connectivity index (χ1) is 12.3. The van der Waals surface area contributed by atoms with Gasteiger partial charge in [0.25, 0.3) is 10.0 Å². The van der Waals surface area contributed by atoms with Crippen LogP contribution in [-0.2, 0) is 10.0 Å². The quantitative estimate of drug-likeness (QED) is 0.896. The fraction of sp³-hybridized carbons (Fsp3) is 0.263. The van der Waals surface area contributed by atoms with Crippen molar-refractivity contribution < 1.29 is 23.1 Å². The Balaban J connectivity index is 1.87. The Morgan fingerprint density at radius 2 is 1.92 bits per heavy atom. The van der Waals surface area contributed by atoms with Crippen LogP contribution in [0.5, 0.6) is 0 Å². The summed E-state index contributed by atoms with van der Waals surface area (Å²) in [6.07, 6.45) is 1.05. The molecule has 26 heavy (non-hydrogen) atoms. The molecule has 4 rings (SSSR count). The fourth-order valence-corrected chi connectivity index (χ4v) is 5.76. The minimum absolute atomic E-state index is 0.00311. The van der Waals surface area contributed by atoms with Gasteiger partial charge in [-0.15, -0.1) is 0 Å². The maximum Gasteiger partial charge on any atom is 0.335 e. The van der Waals surface area contributed by atoms with Crippen LogP contribution in [-0.4, -0.2) is 31.8 Å². The van der Waals surface area contributed by atoms with Gasteiger partial charge in [0.15, 0.2) is 5.78 Å². The molecule has 7 heteroatoms. The standard InChI is InChI=1S/C19H17NO5S/c1-11-13(19(22)23)4-3-7-17(11)26(24,25)20-10-12-8-9-16(21)14-5-2-6-15(20)18(12)14/h2-7,12H,8-10H2,1H3,(H,22,23)/t12-/m1/s1. The van der Waals surface area contributed by atoms with E-state index >= 15 is 0 Å². The molecule has 1 heterocycles. The first kappa shape index (κ1) is 16.8. The van der Waals surface area contributed by atoms with E-state index in [1.807, 2.05) is 0 Å². The molecule has 0 aromatic heterocycles. The van der Waals surface area contributed by atoms with Gasteiger partial charge in [-0.3, -0.25) is 9.10 Å². The molecule has 0 fully saturated rings. The molecule has 0 spiro atoms. The second-order valence-corrected chi connectivity index (χ2v) is 8.50. The Bertz CT molecular complexity index is 1060. The molecule has 2 aliphatic rings. The van der Waals surface area contributed by atoms with Crippen LogP contribution in [0.3, 0.4) is 0 Å². The van der Waals surface area contributed by atoms with Crippen molar-refractivity contribution in [3.05, 3.63) is 58.7 Å². The molecule has 1 atom stereocenters. The predicted octanol–water partition coefficient (Wildman–Crippen LogP) is 2.96. The summed E-state index contributed by atoms with van der Waals surface area (Å²) in [5.74, 6) is -1.12. The van der Waals surface area contributed by atoms with Crippen molar-refractivity contribution in [2.24, 2.45) is 0 Å². The minimum atomic E-state index is -3.93. The van der Waals surface area contributed by atoms with Gasteiger partial charge in [-0.25, -0.2) is 13.2 Å². The van der Waals surface area contributed by atoms with Gasteiger partial charge in [-0.1, -0.05) is 18.2 Å². The van der Waals surface area contributed by atoms with E-state index in [0.717, 1.165) is 5.56 Å². The number of ketones is 1. The van der Waals surface area contributed by atoms with E-state index in [2.05, 4.69) is 0 Å². The SMILES string of the molecule is Cc1c(C(=O)O)cccc1S(=O)(=O)N1C[C@H]2CCC(=O)c3cccc1c32. The lowest BCUT2D eigenvalue weighted by Gasteiger charge is -2.21. The van der Waals surface area contributed by atoms with E-state index in [0.29, 0.717) is 24.1 Å². The van der Waals surface area contributed by atoms with E-state index in [1.54, 1.807) is 18.2 Å². The van der Waals surface area contributed by atoms with Gasteiger partial charge in [-0.2, -0.15) is 0 Å². The minimum Gasteiger partial charge on any atom is -0.478 e. The highest BCUT2D eigenvalue weighted by Crippen LogP contribution is 2.46. The largest absolute Gasteiger partial charge is 0.478 e. The Kier molecular flexibility index (Phi) is 3.66. The molecular weight excluding hydrogens is 354 g/mol. The summed E-state index contributed by atoms with van der Waals surface area (Å²) in [5, 5.41) is 9.29. The number of carbonyl (C=O) groups excluding carboxylic acids is 1. The second kappa shape index (κ2) is 5.67. The van der Waals surface area contributed by atoms with Crippen molar-refractivity contribution >= 4 is 27.5 Å². The highest BCUT2D eigenvalue weighted by molar-refractivity contribution is 7.93. The van der Waals surface area contributed by atoms with Crippen molar-refractivity contribution in [2.45, 2.75) is 30.6 Å². The maximum atomic E-state index is 13.3. The number of sulfonamides is 1. The number of carboxylic acids is 1. The van der Waals surface area contributed by atoms with E-state index < -0.39 is 16.0 Å². The van der Waals surface area contributed by atoms with Gasteiger partial charge in [-0.05, 0) is 42.7 Å². The average molecular weight is 371 g/mol. The first-order valence-corrected chi connectivity index (χ1v) is 9.78. The van der Waals surface area contributed by atoms with E-state index in [4.69, 9.17) is 0 Å². The smallest absolute Gasteiger partial charge is 0.335 e. The molecule has 2 aromatic rings. The van der Waals surface area contributed by atoms with Crippen LogP contribution in [0.1, 0.15) is 50.6 Å². The van der Waals surface area contributed by atoms with Crippen LogP contribution in [0.4, 0.5) is 5.69 Å². The lowest BCUT2D eigenvalue weighted by atomic mass is 9.83. The second-order valence-electron chi connectivity index (χ2n) is 6.67. The highest BCUT2D eigenvalue weighted by Gasteiger charge is 2.41. The lowest BCUT2D eigenvalue weighted by Crippen LogP contribution is -2.31. The molecule has 0 saturated heterocycles. The van der Waals surface area contributed by atoms with Crippen LogP contribution < -0.4 is 4.31 Å². The van der Waals surface area contributed by atoms with Crippen molar-refractivity contribution in [3.8, 4) is 0 Å². The summed E-state index contributed by atoms with van der Waals surface area (Å²) < 4.78 is 28.0. The van der Waals surface area contributed by atoms with Gasteiger partial charge < -0.3 is 5.11 Å². The molecular formula is C19H17NO5S. The topological polar surface area (TPSA) is 91.8 Å². The van der Waals surface area contributed by atoms with Gasteiger partial charge >= 0.3 is 5.97 Å².